The smallest absolute Gasteiger partial charge is 0.491 e. The number of hydrogen-bond acceptors (Lipinski definition) is 2. The Balaban J connectivity index is 0.00000128. The molecule has 1 fully saturated rings. The van der Waals surface area contributed by atoms with E-state index in [-0.39, 0.29) is 25.2 Å². The first-order valence-electron chi connectivity index (χ1n) is 5.53. The normalized spacial score (nSPS) is 20.0. The van der Waals surface area contributed by atoms with Gasteiger partial charge in [0.2, 0.25) is 0 Å². The largest absolute Gasteiger partial charge is 1.00 e. The Morgan fingerprint density at radius 1 is 1.38 bits per heavy atom. The third kappa shape index (κ3) is 3.56. The average Bonchev–Trinajstić information content (AvgIpc) is 2.24. The second kappa shape index (κ2) is 6.35. The summed E-state index contributed by atoms with van der Waals surface area (Å²) in [5.41, 5.74) is 2.34. The van der Waals surface area contributed by atoms with Crippen LogP contribution in [0.4, 0.5) is 0 Å². The van der Waals surface area contributed by atoms with Gasteiger partial charge >= 0.3 is 18.9 Å². The molecule has 2 rings (SSSR count). The molecule has 16 heavy (non-hydrogen) atoms. The van der Waals surface area contributed by atoms with E-state index in [9.17, 15) is 0 Å². The van der Waals surface area contributed by atoms with Gasteiger partial charge in [0.15, 0.2) is 6.29 Å². The average molecular weight is 212 g/mol. The summed E-state index contributed by atoms with van der Waals surface area (Å²) in [6, 6.07) is 7.21. The van der Waals surface area contributed by atoms with Gasteiger partial charge in [-0.15, -0.1) is 11.6 Å². The van der Waals surface area contributed by atoms with Crippen molar-refractivity contribution in [1.29, 1.82) is 0 Å². The Bertz CT molecular complexity index is 333. The van der Waals surface area contributed by atoms with E-state index in [1.54, 1.807) is 0 Å². The first kappa shape index (κ1) is 13.6. The zero-order valence-electron chi connectivity index (χ0n) is 10.4. The second-order valence-electron chi connectivity index (χ2n) is 4.10. The van der Waals surface area contributed by atoms with Crippen LogP contribution >= 0.6 is 0 Å². The van der Waals surface area contributed by atoms with Crippen LogP contribution in [0.1, 0.15) is 30.4 Å². The molecule has 0 radical (unpaired) electrons. The van der Waals surface area contributed by atoms with Crippen LogP contribution in [0.2, 0.25) is 0 Å². The monoisotopic (exact) mass is 212 g/mol. The van der Waals surface area contributed by atoms with Gasteiger partial charge in [-0.25, -0.2) is 0 Å². The fourth-order valence-electron chi connectivity index (χ4n) is 1.80. The minimum Gasteiger partial charge on any atom is -0.491 e. The van der Waals surface area contributed by atoms with Gasteiger partial charge in [-0.3, -0.25) is 0 Å². The summed E-state index contributed by atoms with van der Waals surface area (Å²) >= 11 is 0. The summed E-state index contributed by atoms with van der Waals surface area (Å²) in [6.07, 6.45) is 3.25. The number of ether oxygens (including phenoxy) is 2. The molecular weight excluding hydrogens is 195 g/mol. The summed E-state index contributed by atoms with van der Waals surface area (Å²) in [5, 5.41) is 0. The Kier molecular flexibility index (Phi) is 5.41. The first-order chi connectivity index (χ1) is 7.25. The van der Waals surface area contributed by atoms with E-state index in [0.717, 1.165) is 30.8 Å². The van der Waals surface area contributed by atoms with Gasteiger partial charge in [-0.05, 0) is 12.8 Å². The van der Waals surface area contributed by atoms with E-state index in [1.807, 2.05) is 13.0 Å². The third-order valence-corrected chi connectivity index (χ3v) is 2.62. The minimum absolute atomic E-state index is 0. The first-order valence-corrected chi connectivity index (χ1v) is 5.53. The van der Waals surface area contributed by atoms with Crippen LogP contribution in [0.25, 0.3) is 0 Å². The van der Waals surface area contributed by atoms with Crippen LogP contribution in [0.5, 0.6) is 5.75 Å². The van der Waals surface area contributed by atoms with Crippen LogP contribution < -0.4 is 23.6 Å². The van der Waals surface area contributed by atoms with Crippen molar-refractivity contribution in [3.63, 3.8) is 0 Å². The van der Waals surface area contributed by atoms with E-state index in [0.29, 0.717) is 0 Å². The topological polar surface area (TPSA) is 18.5 Å². The predicted molar refractivity (Wildman–Crippen MR) is 59.0 cm³/mol. The van der Waals surface area contributed by atoms with Crippen molar-refractivity contribution in [2.45, 2.75) is 39.4 Å². The number of benzene rings is 1. The maximum atomic E-state index is 5.76. The minimum atomic E-state index is -0.0728. The van der Waals surface area contributed by atoms with Gasteiger partial charge < -0.3 is 9.47 Å². The molecule has 1 saturated heterocycles. The van der Waals surface area contributed by atoms with Gasteiger partial charge in [0, 0.05) is 12.2 Å². The van der Waals surface area contributed by atoms with Crippen molar-refractivity contribution in [3.8, 4) is 5.75 Å². The van der Waals surface area contributed by atoms with Crippen molar-refractivity contribution in [3.05, 3.63) is 29.3 Å². The van der Waals surface area contributed by atoms with Crippen molar-refractivity contribution in [2.24, 2.45) is 0 Å². The number of hydrogen-bond donors (Lipinski definition) is 0. The Hall–Kier alpha value is -0.423. The van der Waals surface area contributed by atoms with Crippen molar-refractivity contribution in [2.75, 3.05) is 6.61 Å². The van der Waals surface area contributed by atoms with Crippen LogP contribution in [0.3, 0.4) is 0 Å². The third-order valence-electron chi connectivity index (χ3n) is 2.62. The van der Waals surface area contributed by atoms with Gasteiger partial charge in [-0.2, -0.15) is 17.7 Å². The Labute approximate surface area is 110 Å². The molecule has 1 aliphatic heterocycles. The number of rotatable bonds is 2. The maximum absolute atomic E-state index is 5.76. The van der Waals surface area contributed by atoms with Gasteiger partial charge in [0.05, 0.1) is 6.61 Å². The second-order valence-corrected chi connectivity index (χ2v) is 4.10. The molecule has 1 aromatic carbocycles. The molecule has 0 N–H and O–H groups in total. The summed E-state index contributed by atoms with van der Waals surface area (Å²) in [6.45, 7) is 4.92. The molecule has 0 saturated carbocycles. The Morgan fingerprint density at radius 3 is 2.81 bits per heavy atom. The maximum Gasteiger partial charge on any atom is 1.00 e. The molecule has 1 heterocycles. The van der Waals surface area contributed by atoms with Gasteiger partial charge in [-0.1, -0.05) is 13.8 Å². The SMILES string of the molecule is Cc1c[c-]c(OC2CCCCO2)c(C)c1.[Li+]. The van der Waals surface area contributed by atoms with E-state index in [4.69, 9.17) is 9.47 Å². The molecule has 1 aliphatic rings. The van der Waals surface area contributed by atoms with Gasteiger partial charge in [0.25, 0.3) is 0 Å². The van der Waals surface area contributed by atoms with Crippen molar-refractivity contribution >= 4 is 0 Å². The molecule has 1 aromatic rings. The van der Waals surface area contributed by atoms with Crippen LogP contribution in [-0.4, -0.2) is 12.9 Å². The van der Waals surface area contributed by atoms with E-state index >= 15 is 0 Å². The fourth-order valence-corrected chi connectivity index (χ4v) is 1.80. The molecular formula is C13H17LiO2. The molecule has 0 spiro atoms. The summed E-state index contributed by atoms with van der Waals surface area (Å²) in [4.78, 5) is 0. The van der Waals surface area contributed by atoms with Crippen LogP contribution in [0.15, 0.2) is 12.1 Å². The number of aryl methyl sites for hydroxylation is 2. The molecule has 1 unspecified atom stereocenters. The van der Waals surface area contributed by atoms with Crippen LogP contribution in [0, 0.1) is 19.9 Å². The van der Waals surface area contributed by atoms with Crippen molar-refractivity contribution in [1.82, 2.24) is 0 Å². The zero-order valence-corrected chi connectivity index (χ0v) is 10.4. The zero-order chi connectivity index (χ0) is 10.7. The van der Waals surface area contributed by atoms with E-state index in [1.165, 1.54) is 12.0 Å². The summed E-state index contributed by atoms with van der Waals surface area (Å²) in [7, 11) is 0. The fraction of sp³-hybridized carbons (Fsp3) is 0.538. The molecule has 2 nitrogen and oxygen atoms in total. The molecule has 0 aliphatic carbocycles. The van der Waals surface area contributed by atoms with Crippen LogP contribution in [-0.2, 0) is 4.74 Å². The van der Waals surface area contributed by atoms with E-state index in [2.05, 4.69) is 19.1 Å². The molecule has 1 atom stereocenters. The molecule has 0 amide bonds. The van der Waals surface area contributed by atoms with E-state index < -0.39 is 0 Å². The Morgan fingerprint density at radius 2 is 2.19 bits per heavy atom. The van der Waals surface area contributed by atoms with Gasteiger partial charge in [0.1, 0.15) is 0 Å². The molecule has 82 valence electrons. The molecule has 0 bridgehead atoms. The summed E-state index contributed by atoms with van der Waals surface area (Å²) < 4.78 is 11.3. The predicted octanol–water partition coefficient (Wildman–Crippen LogP) is 0.0130. The van der Waals surface area contributed by atoms with Crippen molar-refractivity contribution < 1.29 is 28.3 Å². The standard InChI is InChI=1S/C13H17O2.Li/c1-10-6-7-12(11(2)9-10)15-13-5-3-4-8-14-13;/h6,9,13H,3-5,8H2,1-2H3;/q-1;+1. The summed E-state index contributed by atoms with van der Waals surface area (Å²) in [5.74, 6) is 0.826. The molecule has 3 heteroatoms. The molecule has 0 aromatic heterocycles. The quantitative estimate of drug-likeness (QED) is 0.508.